The summed E-state index contributed by atoms with van der Waals surface area (Å²) in [6.07, 6.45) is 8.19. The second-order valence-electron chi connectivity index (χ2n) is 6.29. The molecule has 1 aliphatic carbocycles. The zero-order chi connectivity index (χ0) is 20.7. The van der Waals surface area contributed by atoms with Crippen molar-refractivity contribution in [2.45, 2.75) is 32.2 Å². The third kappa shape index (κ3) is 5.37. The van der Waals surface area contributed by atoms with Crippen LogP contribution in [0.5, 0.6) is 0 Å². The van der Waals surface area contributed by atoms with Crippen molar-refractivity contribution in [1.82, 2.24) is 14.9 Å². The van der Waals surface area contributed by atoms with Crippen LogP contribution in [-0.2, 0) is 29.0 Å². The van der Waals surface area contributed by atoms with Gasteiger partial charge in [0.15, 0.2) is 0 Å². The van der Waals surface area contributed by atoms with Gasteiger partial charge in [-0.25, -0.2) is 14.6 Å². The van der Waals surface area contributed by atoms with E-state index in [2.05, 4.69) is 23.0 Å². The Morgan fingerprint density at radius 1 is 1.14 bits per heavy atom. The monoisotopic (exact) mass is 405 g/mol. The smallest absolute Gasteiger partial charge is 0.414 e. The number of H-pyrrole nitrogens is 1. The third-order valence-electron chi connectivity index (χ3n) is 4.21. The van der Waals surface area contributed by atoms with Crippen LogP contribution in [0.25, 0.3) is 10.2 Å². The van der Waals surface area contributed by atoms with Crippen molar-refractivity contribution in [2.75, 3.05) is 13.1 Å². The Hall–Kier alpha value is -2.78. The van der Waals surface area contributed by atoms with Crippen molar-refractivity contribution < 1.29 is 19.8 Å². The quantitative estimate of drug-likeness (QED) is 0.497. The van der Waals surface area contributed by atoms with E-state index in [4.69, 9.17) is 24.8 Å². The molecule has 0 spiro atoms. The van der Waals surface area contributed by atoms with Crippen molar-refractivity contribution in [3.8, 4) is 0 Å². The highest BCUT2D eigenvalue weighted by atomic mass is 32.1. The van der Waals surface area contributed by atoms with E-state index in [0.29, 0.717) is 6.54 Å². The molecule has 0 atom stereocenters. The van der Waals surface area contributed by atoms with Crippen LogP contribution in [0, 0.1) is 0 Å². The number of aromatic nitrogens is 2. The summed E-state index contributed by atoms with van der Waals surface area (Å²) >= 11 is 1.69. The number of aliphatic carboxylic acids is 2. The second kappa shape index (κ2) is 9.95. The molecule has 2 heterocycles. The first-order chi connectivity index (χ1) is 13.4. The zero-order valence-corrected chi connectivity index (χ0v) is 16.3. The van der Waals surface area contributed by atoms with Crippen molar-refractivity contribution in [3.63, 3.8) is 0 Å². The van der Waals surface area contributed by atoms with Crippen LogP contribution < -0.4 is 5.56 Å². The summed E-state index contributed by atoms with van der Waals surface area (Å²) in [5.74, 6) is -2.93. The first kappa shape index (κ1) is 21.5. The van der Waals surface area contributed by atoms with E-state index >= 15 is 0 Å². The number of hydrogen-bond donors (Lipinski definition) is 3. The topological polar surface area (TPSA) is 124 Å². The number of carboxylic acids is 2. The van der Waals surface area contributed by atoms with E-state index in [1.807, 2.05) is 12.2 Å². The van der Waals surface area contributed by atoms with Gasteiger partial charge >= 0.3 is 11.9 Å². The molecule has 0 unspecified atom stereocenters. The summed E-state index contributed by atoms with van der Waals surface area (Å²) in [5, 5.41) is 15.6. The van der Waals surface area contributed by atoms with Gasteiger partial charge < -0.3 is 15.2 Å². The Morgan fingerprint density at radius 3 is 2.32 bits per heavy atom. The number of fused-ring (bicyclic) bond motifs is 3. The maximum absolute atomic E-state index is 12.5. The van der Waals surface area contributed by atoms with E-state index in [1.54, 1.807) is 11.3 Å². The highest BCUT2D eigenvalue weighted by Gasteiger charge is 2.20. The van der Waals surface area contributed by atoms with Crippen LogP contribution in [0.1, 0.15) is 29.1 Å². The molecule has 2 aromatic heterocycles. The molecule has 0 saturated heterocycles. The summed E-state index contributed by atoms with van der Waals surface area (Å²) in [6, 6.07) is 0. The number of aromatic amines is 1. The predicted molar refractivity (Wildman–Crippen MR) is 108 cm³/mol. The normalized spacial score (nSPS) is 12.8. The number of carboxylic acid groups (broad SMARTS) is 2. The zero-order valence-electron chi connectivity index (χ0n) is 15.4. The molecule has 3 rings (SSSR count). The van der Waals surface area contributed by atoms with Gasteiger partial charge in [0.1, 0.15) is 10.7 Å². The molecule has 2 aromatic rings. The van der Waals surface area contributed by atoms with Crippen LogP contribution >= 0.6 is 11.3 Å². The highest BCUT2D eigenvalue weighted by molar-refractivity contribution is 7.18. The van der Waals surface area contributed by atoms with E-state index in [1.165, 1.54) is 23.3 Å². The van der Waals surface area contributed by atoms with Crippen LogP contribution in [0.2, 0.25) is 0 Å². The van der Waals surface area contributed by atoms with E-state index in [-0.39, 0.29) is 5.56 Å². The largest absolute Gasteiger partial charge is 0.473 e. The molecule has 0 fully saturated rings. The average Bonchev–Trinajstić information content (AvgIpc) is 3.01. The fourth-order valence-corrected chi connectivity index (χ4v) is 4.34. The van der Waals surface area contributed by atoms with Crippen LogP contribution in [0.15, 0.2) is 30.1 Å². The Kier molecular flexibility index (Phi) is 7.65. The van der Waals surface area contributed by atoms with Gasteiger partial charge in [-0.3, -0.25) is 9.69 Å². The Balaban J connectivity index is 0.000000409. The Labute approximate surface area is 165 Å². The van der Waals surface area contributed by atoms with Gasteiger partial charge in [-0.15, -0.1) is 24.5 Å². The number of nitrogens with one attached hydrogen (secondary N) is 1. The van der Waals surface area contributed by atoms with Crippen molar-refractivity contribution in [2.24, 2.45) is 0 Å². The minimum atomic E-state index is -1.82. The minimum Gasteiger partial charge on any atom is -0.473 e. The molecule has 8 nitrogen and oxygen atoms in total. The molecular weight excluding hydrogens is 382 g/mol. The lowest BCUT2D eigenvalue weighted by Crippen LogP contribution is -2.26. The first-order valence-electron chi connectivity index (χ1n) is 8.81. The van der Waals surface area contributed by atoms with Gasteiger partial charge in [0.25, 0.3) is 5.56 Å². The molecule has 0 saturated carbocycles. The summed E-state index contributed by atoms with van der Waals surface area (Å²) < 4.78 is 0. The van der Waals surface area contributed by atoms with Crippen molar-refractivity contribution >= 4 is 33.5 Å². The van der Waals surface area contributed by atoms with E-state index in [9.17, 15) is 4.79 Å². The molecule has 28 heavy (non-hydrogen) atoms. The number of carbonyl (C=O) groups is 2. The Bertz CT molecular complexity index is 925. The molecule has 3 N–H and O–H groups in total. The fraction of sp³-hybridized carbons (Fsp3) is 0.368. The summed E-state index contributed by atoms with van der Waals surface area (Å²) in [6.45, 7) is 9.63. The van der Waals surface area contributed by atoms with Crippen LogP contribution in [0.4, 0.5) is 0 Å². The van der Waals surface area contributed by atoms with Gasteiger partial charge in [0, 0.05) is 18.0 Å². The molecule has 150 valence electrons. The number of nitrogens with zero attached hydrogens (tertiary/aromatic N) is 2. The predicted octanol–water partition coefficient (Wildman–Crippen LogP) is 2.19. The van der Waals surface area contributed by atoms with Crippen molar-refractivity contribution in [1.29, 1.82) is 0 Å². The Morgan fingerprint density at radius 2 is 1.75 bits per heavy atom. The maximum Gasteiger partial charge on any atom is 0.414 e. The number of aryl methyl sites for hydroxylation is 2. The van der Waals surface area contributed by atoms with Gasteiger partial charge in [-0.2, -0.15) is 0 Å². The van der Waals surface area contributed by atoms with Crippen molar-refractivity contribution in [3.05, 3.63) is 51.9 Å². The molecule has 0 amide bonds. The molecule has 1 aliphatic rings. The molecule has 0 radical (unpaired) electrons. The standard InChI is InChI=1S/C17H21N3OS.C2H2O4/c1-3-9-20(10-4-2)11-14-18-16(21)15-12-7-5-6-8-13(12)22-17(15)19-14;3-1(4)2(5)6/h3-4H,1-2,5-11H2,(H,18,19,21);(H,3,4)(H,5,6). The van der Waals surface area contributed by atoms with Crippen LogP contribution in [-0.4, -0.2) is 50.1 Å². The molecule has 9 heteroatoms. The average molecular weight is 405 g/mol. The second-order valence-corrected chi connectivity index (χ2v) is 7.37. The molecule has 0 aliphatic heterocycles. The highest BCUT2D eigenvalue weighted by Crippen LogP contribution is 2.33. The van der Waals surface area contributed by atoms with Gasteiger partial charge in [-0.1, -0.05) is 12.2 Å². The number of hydrogen-bond acceptors (Lipinski definition) is 6. The lowest BCUT2D eigenvalue weighted by molar-refractivity contribution is -0.159. The maximum atomic E-state index is 12.5. The summed E-state index contributed by atoms with van der Waals surface area (Å²) in [5.41, 5.74) is 1.25. The minimum absolute atomic E-state index is 0.0107. The van der Waals surface area contributed by atoms with Gasteiger partial charge in [0.05, 0.1) is 11.9 Å². The lowest BCUT2D eigenvalue weighted by atomic mass is 9.97. The molecule has 0 bridgehead atoms. The van der Waals surface area contributed by atoms with Crippen LogP contribution in [0.3, 0.4) is 0 Å². The summed E-state index contributed by atoms with van der Waals surface area (Å²) in [4.78, 5) is 42.7. The molecule has 0 aromatic carbocycles. The lowest BCUT2D eigenvalue weighted by Gasteiger charge is -2.17. The van der Waals surface area contributed by atoms with Gasteiger partial charge in [0.2, 0.25) is 0 Å². The van der Waals surface area contributed by atoms with Gasteiger partial charge in [-0.05, 0) is 31.2 Å². The third-order valence-corrected chi connectivity index (χ3v) is 5.39. The van der Waals surface area contributed by atoms with E-state index < -0.39 is 11.9 Å². The number of thiophene rings is 1. The fourth-order valence-electron chi connectivity index (χ4n) is 3.06. The SMILES string of the molecule is C=CCN(CC=C)Cc1nc2sc3c(c2c(=O)[nH]1)CCCC3.O=C(O)C(=O)O. The number of rotatable bonds is 6. The molecular formula is C19H23N3O5S. The van der Waals surface area contributed by atoms with E-state index in [0.717, 1.165) is 42.0 Å². The summed E-state index contributed by atoms with van der Waals surface area (Å²) in [7, 11) is 0. The first-order valence-corrected chi connectivity index (χ1v) is 9.62.